The van der Waals surface area contributed by atoms with Gasteiger partial charge in [-0.25, -0.2) is 4.79 Å². The van der Waals surface area contributed by atoms with Gasteiger partial charge in [-0.1, -0.05) is 6.07 Å². The molecule has 0 amide bonds. The highest BCUT2D eigenvalue weighted by Crippen LogP contribution is 2.36. The van der Waals surface area contributed by atoms with Crippen molar-refractivity contribution >= 4 is 16.7 Å². The highest BCUT2D eigenvalue weighted by atomic mass is 16.4. The van der Waals surface area contributed by atoms with Crippen molar-refractivity contribution < 1.29 is 25.2 Å². The van der Waals surface area contributed by atoms with Crippen LogP contribution in [-0.4, -0.2) is 26.4 Å². The lowest BCUT2D eigenvalue weighted by Crippen LogP contribution is -1.98. The average Bonchev–Trinajstić information content (AvgIpc) is 2.20. The van der Waals surface area contributed by atoms with Crippen molar-refractivity contribution in [3.05, 3.63) is 29.8 Å². The predicted octanol–water partition coefficient (Wildman–Crippen LogP) is 1.65. The summed E-state index contributed by atoms with van der Waals surface area (Å²) >= 11 is 0. The molecule has 0 bridgehead atoms. The molecule has 16 heavy (non-hydrogen) atoms. The fourth-order valence-electron chi connectivity index (χ4n) is 1.57. The van der Waals surface area contributed by atoms with Gasteiger partial charge in [-0.05, 0) is 23.6 Å². The normalized spacial score (nSPS) is 10.5. The number of hydrogen-bond acceptors (Lipinski definition) is 4. The summed E-state index contributed by atoms with van der Waals surface area (Å²) < 4.78 is 0. The van der Waals surface area contributed by atoms with Gasteiger partial charge >= 0.3 is 5.97 Å². The Balaban J connectivity index is 2.96. The number of carbonyl (C=O) groups is 1. The third-order valence-electron chi connectivity index (χ3n) is 2.29. The molecule has 0 radical (unpaired) electrons. The van der Waals surface area contributed by atoms with Crippen LogP contribution in [0.25, 0.3) is 10.8 Å². The average molecular weight is 220 g/mol. The molecule has 2 aromatic rings. The van der Waals surface area contributed by atoms with Gasteiger partial charge in [0.05, 0.1) is 0 Å². The van der Waals surface area contributed by atoms with Gasteiger partial charge in [-0.2, -0.15) is 0 Å². The maximum absolute atomic E-state index is 10.9. The first-order valence-corrected chi connectivity index (χ1v) is 4.41. The Morgan fingerprint density at radius 1 is 1.06 bits per heavy atom. The molecule has 0 unspecified atom stereocenters. The molecule has 0 fully saturated rings. The highest BCUT2D eigenvalue weighted by molar-refractivity contribution is 6.07. The topological polar surface area (TPSA) is 98.0 Å². The number of phenols is 3. The number of aromatic hydroxyl groups is 3. The Kier molecular flexibility index (Phi) is 2.09. The fraction of sp³-hybridized carbons (Fsp3) is 0. The molecule has 0 aromatic heterocycles. The summed E-state index contributed by atoms with van der Waals surface area (Å²) in [6.07, 6.45) is 0. The largest absolute Gasteiger partial charge is 0.508 e. The summed E-state index contributed by atoms with van der Waals surface area (Å²) in [5, 5.41) is 37.6. The molecule has 0 saturated heterocycles. The molecular weight excluding hydrogens is 212 g/mol. The Hall–Kier alpha value is -2.43. The van der Waals surface area contributed by atoms with Gasteiger partial charge in [-0.15, -0.1) is 0 Å². The highest BCUT2D eigenvalue weighted by Gasteiger charge is 2.18. The molecule has 0 atom stereocenters. The van der Waals surface area contributed by atoms with E-state index in [2.05, 4.69) is 0 Å². The second-order valence-corrected chi connectivity index (χ2v) is 3.33. The Morgan fingerprint density at radius 2 is 1.75 bits per heavy atom. The molecule has 0 aliphatic carbocycles. The van der Waals surface area contributed by atoms with Crippen molar-refractivity contribution in [3.63, 3.8) is 0 Å². The molecule has 82 valence electrons. The zero-order chi connectivity index (χ0) is 11.9. The molecule has 0 heterocycles. The smallest absolute Gasteiger partial charge is 0.340 e. The lowest BCUT2D eigenvalue weighted by atomic mass is 10.0. The van der Waals surface area contributed by atoms with Crippen LogP contribution in [0.1, 0.15) is 10.4 Å². The molecular formula is C11H8O5. The summed E-state index contributed by atoms with van der Waals surface area (Å²) in [7, 11) is 0. The SMILES string of the molecule is O=C(O)c1c(O)c(O)cc2ccc(O)cc12. The van der Waals surface area contributed by atoms with Crippen molar-refractivity contribution in [3.8, 4) is 17.2 Å². The predicted molar refractivity (Wildman–Crippen MR) is 55.9 cm³/mol. The van der Waals surface area contributed by atoms with Gasteiger partial charge in [0, 0.05) is 5.39 Å². The summed E-state index contributed by atoms with van der Waals surface area (Å²) in [6, 6.07) is 5.27. The lowest BCUT2D eigenvalue weighted by Gasteiger charge is -2.07. The minimum atomic E-state index is -1.37. The quantitative estimate of drug-likeness (QED) is 0.548. The van der Waals surface area contributed by atoms with E-state index in [0.29, 0.717) is 5.39 Å². The van der Waals surface area contributed by atoms with Crippen molar-refractivity contribution in [2.45, 2.75) is 0 Å². The van der Waals surface area contributed by atoms with Gasteiger partial charge in [0.2, 0.25) is 0 Å². The van der Waals surface area contributed by atoms with E-state index >= 15 is 0 Å². The molecule has 5 heteroatoms. The van der Waals surface area contributed by atoms with Crippen LogP contribution in [0.2, 0.25) is 0 Å². The van der Waals surface area contributed by atoms with Crippen LogP contribution in [0, 0.1) is 0 Å². The molecule has 5 nitrogen and oxygen atoms in total. The second-order valence-electron chi connectivity index (χ2n) is 3.33. The van der Waals surface area contributed by atoms with E-state index in [9.17, 15) is 20.1 Å². The number of carboxylic acids is 1. The Morgan fingerprint density at radius 3 is 2.38 bits per heavy atom. The second kappa shape index (κ2) is 3.30. The van der Waals surface area contributed by atoms with Crippen molar-refractivity contribution in [2.24, 2.45) is 0 Å². The number of aromatic carboxylic acids is 1. The van der Waals surface area contributed by atoms with Gasteiger partial charge in [0.15, 0.2) is 11.5 Å². The zero-order valence-corrected chi connectivity index (χ0v) is 8.01. The lowest BCUT2D eigenvalue weighted by molar-refractivity contribution is 0.0695. The number of rotatable bonds is 1. The van der Waals surface area contributed by atoms with Gasteiger partial charge < -0.3 is 20.4 Å². The fourth-order valence-corrected chi connectivity index (χ4v) is 1.57. The van der Waals surface area contributed by atoms with E-state index in [1.807, 2.05) is 0 Å². The van der Waals surface area contributed by atoms with E-state index in [0.717, 1.165) is 0 Å². The molecule has 2 rings (SSSR count). The van der Waals surface area contributed by atoms with Crippen LogP contribution in [0.4, 0.5) is 0 Å². The monoisotopic (exact) mass is 220 g/mol. The van der Waals surface area contributed by atoms with Crippen LogP contribution < -0.4 is 0 Å². The maximum Gasteiger partial charge on any atom is 0.340 e. The third kappa shape index (κ3) is 1.38. The first kappa shape index (κ1) is 10.1. The third-order valence-corrected chi connectivity index (χ3v) is 2.29. The summed E-state index contributed by atoms with van der Waals surface area (Å²) in [6.45, 7) is 0. The van der Waals surface area contributed by atoms with Gasteiger partial charge in [0.1, 0.15) is 11.3 Å². The van der Waals surface area contributed by atoms with Crippen molar-refractivity contribution in [2.75, 3.05) is 0 Å². The first-order chi connectivity index (χ1) is 7.50. The van der Waals surface area contributed by atoms with E-state index in [1.54, 1.807) is 0 Å². The van der Waals surface area contributed by atoms with E-state index in [4.69, 9.17) is 5.11 Å². The van der Waals surface area contributed by atoms with E-state index in [-0.39, 0.29) is 11.1 Å². The number of hydrogen-bond donors (Lipinski definition) is 4. The van der Waals surface area contributed by atoms with Gasteiger partial charge in [-0.3, -0.25) is 0 Å². The van der Waals surface area contributed by atoms with Crippen LogP contribution in [0.3, 0.4) is 0 Å². The maximum atomic E-state index is 10.9. The molecule has 2 aromatic carbocycles. The summed E-state index contributed by atoms with van der Waals surface area (Å²) in [5.41, 5.74) is -0.425. The molecule has 0 saturated carbocycles. The number of phenolic OH excluding ortho intramolecular Hbond substituents is 2. The zero-order valence-electron chi connectivity index (χ0n) is 8.01. The van der Waals surface area contributed by atoms with Crippen LogP contribution in [-0.2, 0) is 0 Å². The van der Waals surface area contributed by atoms with Crippen molar-refractivity contribution in [1.82, 2.24) is 0 Å². The van der Waals surface area contributed by atoms with Crippen LogP contribution in [0.5, 0.6) is 17.2 Å². The Bertz CT molecular complexity index is 588. The Labute approximate surface area is 89.8 Å². The standard InChI is InChI=1S/C11H8O5/c12-6-2-1-5-3-8(13)10(14)9(11(15)16)7(5)4-6/h1-4,12-14H,(H,15,16). The molecule has 0 aliphatic rings. The minimum absolute atomic E-state index is 0.111. The summed E-state index contributed by atoms with van der Waals surface area (Å²) in [4.78, 5) is 10.9. The molecule has 0 aliphatic heterocycles. The van der Waals surface area contributed by atoms with E-state index < -0.39 is 23.0 Å². The summed E-state index contributed by atoms with van der Waals surface area (Å²) in [5.74, 6) is -2.69. The van der Waals surface area contributed by atoms with E-state index in [1.165, 1.54) is 24.3 Å². The first-order valence-electron chi connectivity index (χ1n) is 4.41. The number of fused-ring (bicyclic) bond motifs is 1. The molecule has 0 spiro atoms. The molecule has 4 N–H and O–H groups in total. The van der Waals surface area contributed by atoms with Crippen LogP contribution >= 0.6 is 0 Å². The number of benzene rings is 2. The van der Waals surface area contributed by atoms with Crippen LogP contribution in [0.15, 0.2) is 24.3 Å². The van der Waals surface area contributed by atoms with Gasteiger partial charge in [0.25, 0.3) is 0 Å². The minimum Gasteiger partial charge on any atom is -0.508 e. The number of carboxylic acid groups (broad SMARTS) is 1. The van der Waals surface area contributed by atoms with Crippen molar-refractivity contribution in [1.29, 1.82) is 0 Å².